The molecule has 0 radical (unpaired) electrons. The molecule has 3 aromatic rings. The lowest BCUT2D eigenvalue weighted by Crippen LogP contribution is -2.27. The van der Waals surface area contributed by atoms with E-state index in [1.54, 1.807) is 23.0 Å². The smallest absolute Gasteiger partial charge is 0.255 e. The molecule has 7 heteroatoms. The zero-order chi connectivity index (χ0) is 22.8. The first kappa shape index (κ1) is 22.1. The lowest BCUT2D eigenvalue weighted by molar-refractivity contribution is -0.117. The maximum atomic E-state index is 13.1. The second-order valence-corrected chi connectivity index (χ2v) is 9.00. The van der Waals surface area contributed by atoms with E-state index in [1.165, 1.54) is 0 Å². The fourth-order valence-electron chi connectivity index (χ4n) is 3.68. The molecule has 1 aliphatic carbocycles. The zero-order valence-corrected chi connectivity index (χ0v) is 19.2. The summed E-state index contributed by atoms with van der Waals surface area (Å²) >= 11 is 6.01. The molecule has 32 heavy (non-hydrogen) atoms. The predicted molar refractivity (Wildman–Crippen MR) is 126 cm³/mol. The summed E-state index contributed by atoms with van der Waals surface area (Å²) in [6.45, 7) is 6.02. The summed E-state index contributed by atoms with van der Waals surface area (Å²) in [7, 11) is 0. The highest BCUT2D eigenvalue weighted by Gasteiger charge is 2.29. The Morgan fingerprint density at radius 1 is 1.03 bits per heavy atom. The van der Waals surface area contributed by atoms with Crippen LogP contribution in [-0.4, -0.2) is 21.6 Å². The van der Waals surface area contributed by atoms with E-state index in [-0.39, 0.29) is 29.7 Å². The standard InChI is InChI=1S/C25H27ClN4O2/c1-15(2)23-22(14-27-30(23)21-12-8-19(26)9-13-21)25(32)28-16(3)17-6-10-20(11-7-17)29-24(31)18-4-5-18/h6-16,18H,4-5H2,1-3H3,(H,28,32)(H,29,31). The Balaban J connectivity index is 1.48. The van der Waals surface area contributed by atoms with Crippen molar-refractivity contribution in [3.8, 4) is 5.69 Å². The average molecular weight is 451 g/mol. The molecule has 1 aromatic heterocycles. The quantitative estimate of drug-likeness (QED) is 0.499. The first-order valence-corrected chi connectivity index (χ1v) is 11.3. The van der Waals surface area contributed by atoms with Crippen LogP contribution in [0.5, 0.6) is 0 Å². The Morgan fingerprint density at radius 2 is 1.69 bits per heavy atom. The monoisotopic (exact) mass is 450 g/mol. The van der Waals surface area contributed by atoms with Crippen molar-refractivity contribution in [3.63, 3.8) is 0 Å². The third kappa shape index (κ3) is 4.86. The minimum Gasteiger partial charge on any atom is -0.345 e. The van der Waals surface area contributed by atoms with Crippen LogP contribution >= 0.6 is 11.6 Å². The van der Waals surface area contributed by atoms with E-state index in [0.717, 1.165) is 35.5 Å². The summed E-state index contributed by atoms with van der Waals surface area (Å²) in [6, 6.07) is 14.8. The largest absolute Gasteiger partial charge is 0.345 e. The first-order valence-electron chi connectivity index (χ1n) is 10.9. The molecule has 1 unspecified atom stereocenters. The maximum Gasteiger partial charge on any atom is 0.255 e. The highest BCUT2D eigenvalue weighted by Crippen LogP contribution is 2.30. The van der Waals surface area contributed by atoms with Gasteiger partial charge in [0.15, 0.2) is 0 Å². The Bertz CT molecular complexity index is 1120. The number of halogens is 1. The van der Waals surface area contributed by atoms with Gasteiger partial charge in [-0.05, 0) is 67.6 Å². The molecule has 1 fully saturated rings. The molecule has 2 amide bonds. The van der Waals surface area contributed by atoms with E-state index in [1.807, 2.05) is 57.2 Å². The maximum absolute atomic E-state index is 13.1. The van der Waals surface area contributed by atoms with E-state index in [2.05, 4.69) is 15.7 Å². The van der Waals surface area contributed by atoms with Gasteiger partial charge in [-0.3, -0.25) is 9.59 Å². The van der Waals surface area contributed by atoms with Gasteiger partial charge >= 0.3 is 0 Å². The molecule has 1 heterocycles. The molecule has 1 atom stereocenters. The Hall–Kier alpha value is -3.12. The Morgan fingerprint density at radius 3 is 2.28 bits per heavy atom. The van der Waals surface area contributed by atoms with Crippen molar-refractivity contribution in [1.82, 2.24) is 15.1 Å². The number of carbonyl (C=O) groups excluding carboxylic acids is 2. The number of aromatic nitrogens is 2. The summed E-state index contributed by atoms with van der Waals surface area (Å²) in [5, 5.41) is 11.1. The average Bonchev–Trinajstić information content (AvgIpc) is 3.53. The van der Waals surface area contributed by atoms with Crippen molar-refractivity contribution in [1.29, 1.82) is 0 Å². The van der Waals surface area contributed by atoms with Crippen molar-refractivity contribution < 1.29 is 9.59 Å². The van der Waals surface area contributed by atoms with Crippen LogP contribution < -0.4 is 10.6 Å². The molecule has 2 N–H and O–H groups in total. The van der Waals surface area contributed by atoms with E-state index in [0.29, 0.717) is 10.6 Å². The summed E-state index contributed by atoms with van der Waals surface area (Å²) in [5.41, 5.74) is 3.98. The Labute approximate surface area is 193 Å². The van der Waals surface area contributed by atoms with Gasteiger partial charge in [-0.25, -0.2) is 4.68 Å². The minimum atomic E-state index is -0.199. The SMILES string of the molecule is CC(C)c1c(C(=O)NC(C)c2ccc(NC(=O)C3CC3)cc2)cnn1-c1ccc(Cl)cc1. The van der Waals surface area contributed by atoms with E-state index >= 15 is 0 Å². The summed E-state index contributed by atoms with van der Waals surface area (Å²) in [5.74, 6) is 0.168. The highest BCUT2D eigenvalue weighted by molar-refractivity contribution is 6.30. The van der Waals surface area contributed by atoms with E-state index < -0.39 is 0 Å². The van der Waals surface area contributed by atoms with Crippen LogP contribution in [0.4, 0.5) is 5.69 Å². The van der Waals surface area contributed by atoms with Gasteiger partial charge < -0.3 is 10.6 Å². The predicted octanol–water partition coefficient (Wildman–Crippen LogP) is 5.49. The number of carbonyl (C=O) groups is 2. The van der Waals surface area contributed by atoms with Gasteiger partial charge in [-0.1, -0.05) is 37.6 Å². The van der Waals surface area contributed by atoms with Crippen molar-refractivity contribution >= 4 is 29.1 Å². The number of benzene rings is 2. The lowest BCUT2D eigenvalue weighted by Gasteiger charge is -2.17. The third-order valence-corrected chi connectivity index (χ3v) is 5.90. The van der Waals surface area contributed by atoms with Gasteiger partial charge in [0.25, 0.3) is 5.91 Å². The third-order valence-electron chi connectivity index (χ3n) is 5.64. The number of amides is 2. The first-order chi connectivity index (χ1) is 15.3. The number of rotatable bonds is 7. The number of hydrogen-bond acceptors (Lipinski definition) is 3. The number of anilines is 1. The van der Waals surface area contributed by atoms with Crippen LogP contribution in [0.1, 0.15) is 67.2 Å². The van der Waals surface area contributed by atoms with Crippen LogP contribution in [0.3, 0.4) is 0 Å². The van der Waals surface area contributed by atoms with Crippen LogP contribution in [0, 0.1) is 5.92 Å². The molecular formula is C25H27ClN4O2. The second kappa shape index (κ2) is 9.17. The molecule has 0 saturated heterocycles. The molecule has 166 valence electrons. The van der Waals surface area contributed by atoms with Gasteiger partial charge in [0.05, 0.1) is 29.2 Å². The van der Waals surface area contributed by atoms with Crippen molar-refractivity contribution in [2.24, 2.45) is 5.92 Å². The molecule has 4 rings (SSSR count). The molecule has 6 nitrogen and oxygen atoms in total. The van der Waals surface area contributed by atoms with Crippen molar-refractivity contribution in [3.05, 3.63) is 76.6 Å². The molecule has 1 aliphatic rings. The molecule has 2 aromatic carbocycles. The second-order valence-electron chi connectivity index (χ2n) is 8.57. The molecular weight excluding hydrogens is 424 g/mol. The van der Waals surface area contributed by atoms with Crippen molar-refractivity contribution in [2.75, 3.05) is 5.32 Å². The van der Waals surface area contributed by atoms with Gasteiger partial charge in [0.1, 0.15) is 0 Å². The van der Waals surface area contributed by atoms with Gasteiger partial charge in [-0.15, -0.1) is 0 Å². The van der Waals surface area contributed by atoms with Gasteiger partial charge in [0.2, 0.25) is 5.91 Å². The Kier molecular flexibility index (Phi) is 6.33. The molecule has 1 saturated carbocycles. The molecule has 0 aliphatic heterocycles. The van der Waals surface area contributed by atoms with Crippen LogP contribution in [-0.2, 0) is 4.79 Å². The fraction of sp³-hybridized carbons (Fsp3) is 0.320. The summed E-state index contributed by atoms with van der Waals surface area (Å²) in [4.78, 5) is 25.0. The number of nitrogens with zero attached hydrogens (tertiary/aromatic N) is 2. The summed E-state index contributed by atoms with van der Waals surface area (Å²) in [6.07, 6.45) is 3.56. The van der Waals surface area contributed by atoms with E-state index in [9.17, 15) is 9.59 Å². The molecule has 0 bridgehead atoms. The lowest BCUT2D eigenvalue weighted by atomic mass is 10.0. The van der Waals surface area contributed by atoms with Crippen molar-refractivity contribution in [2.45, 2.75) is 45.6 Å². The van der Waals surface area contributed by atoms with Gasteiger partial charge in [-0.2, -0.15) is 5.10 Å². The van der Waals surface area contributed by atoms with Crippen LogP contribution in [0.25, 0.3) is 5.69 Å². The minimum absolute atomic E-state index is 0.0815. The van der Waals surface area contributed by atoms with Crippen LogP contribution in [0.15, 0.2) is 54.7 Å². The number of hydrogen-bond donors (Lipinski definition) is 2. The summed E-state index contributed by atoms with van der Waals surface area (Å²) < 4.78 is 1.79. The normalized spacial score (nSPS) is 14.3. The fourth-order valence-corrected chi connectivity index (χ4v) is 3.81. The topological polar surface area (TPSA) is 76.0 Å². The molecule has 0 spiro atoms. The number of nitrogens with one attached hydrogen (secondary N) is 2. The van der Waals surface area contributed by atoms with Gasteiger partial charge in [0, 0.05) is 16.6 Å². The van der Waals surface area contributed by atoms with E-state index in [4.69, 9.17) is 11.6 Å². The van der Waals surface area contributed by atoms with Crippen LogP contribution in [0.2, 0.25) is 5.02 Å². The highest BCUT2D eigenvalue weighted by atomic mass is 35.5. The zero-order valence-electron chi connectivity index (χ0n) is 18.4.